The highest BCUT2D eigenvalue weighted by Crippen LogP contribution is 2.39. The van der Waals surface area contributed by atoms with E-state index in [0.717, 1.165) is 5.70 Å². The van der Waals surface area contributed by atoms with Crippen molar-refractivity contribution in [2.45, 2.75) is 39.5 Å². The number of nitrogens with zero attached hydrogens (tertiary/aromatic N) is 2. The smallest absolute Gasteiger partial charge is 0.257 e. The summed E-state index contributed by atoms with van der Waals surface area (Å²) in [5.74, 6) is 0.977. The molecular formula is C17H22N2O2S2. The van der Waals surface area contributed by atoms with Crippen molar-refractivity contribution in [2.24, 2.45) is 4.40 Å². The van der Waals surface area contributed by atoms with Crippen LogP contribution in [0.3, 0.4) is 0 Å². The van der Waals surface area contributed by atoms with E-state index >= 15 is 0 Å². The first-order valence-corrected chi connectivity index (χ1v) is 10.4. The summed E-state index contributed by atoms with van der Waals surface area (Å²) in [4.78, 5) is 2.03. The molecule has 23 heavy (non-hydrogen) atoms. The first kappa shape index (κ1) is 16.6. The van der Waals surface area contributed by atoms with Gasteiger partial charge in [0.05, 0.1) is 11.4 Å². The van der Waals surface area contributed by atoms with E-state index in [0.29, 0.717) is 23.5 Å². The highest BCUT2D eigenvalue weighted by Gasteiger charge is 2.32. The number of fused-ring (bicyclic) bond motifs is 1. The lowest BCUT2D eigenvalue weighted by atomic mass is 9.90. The summed E-state index contributed by atoms with van der Waals surface area (Å²) >= 11 is 1.40. The Morgan fingerprint density at radius 2 is 1.91 bits per heavy atom. The summed E-state index contributed by atoms with van der Waals surface area (Å²) in [5.41, 5.74) is 4.89. The van der Waals surface area contributed by atoms with Crippen LogP contribution < -0.4 is 0 Å². The van der Waals surface area contributed by atoms with E-state index in [9.17, 15) is 8.42 Å². The van der Waals surface area contributed by atoms with Gasteiger partial charge in [-0.05, 0) is 23.0 Å². The molecule has 2 aliphatic heterocycles. The standard InChI is InChI=1S/C17H22N2O2S2/c1-11(2)13-5-6-14(15(9-13)12(3)4)16-10-22-17-18-23(20,21)8-7-19(16)17/h5-6,9-12H,7-8H2,1-4H3. The molecule has 0 radical (unpaired) electrons. The van der Waals surface area contributed by atoms with Gasteiger partial charge in [0.25, 0.3) is 10.0 Å². The molecule has 6 heteroatoms. The summed E-state index contributed by atoms with van der Waals surface area (Å²) in [7, 11) is -3.29. The van der Waals surface area contributed by atoms with Crippen molar-refractivity contribution in [3.05, 3.63) is 40.3 Å². The zero-order valence-corrected chi connectivity index (χ0v) is 15.5. The van der Waals surface area contributed by atoms with Crippen molar-refractivity contribution in [1.29, 1.82) is 0 Å². The average Bonchev–Trinajstić information content (AvgIpc) is 2.87. The minimum atomic E-state index is -3.29. The molecule has 2 aliphatic rings. The first-order chi connectivity index (χ1) is 10.8. The molecule has 0 aromatic heterocycles. The zero-order valence-electron chi connectivity index (χ0n) is 13.9. The van der Waals surface area contributed by atoms with E-state index < -0.39 is 10.0 Å². The van der Waals surface area contributed by atoms with Crippen molar-refractivity contribution in [1.82, 2.24) is 4.90 Å². The minimum Gasteiger partial charge on any atom is -0.318 e. The molecule has 0 aliphatic carbocycles. The Labute approximate surface area is 142 Å². The van der Waals surface area contributed by atoms with Gasteiger partial charge in [-0.2, -0.15) is 0 Å². The summed E-state index contributed by atoms with van der Waals surface area (Å²) in [5, 5.41) is 2.60. The number of thioether (sulfide) groups is 1. The second-order valence-corrected chi connectivity index (χ2v) is 9.18. The maximum Gasteiger partial charge on any atom is 0.257 e. The Kier molecular flexibility index (Phi) is 4.31. The van der Waals surface area contributed by atoms with Crippen LogP contribution in [0.25, 0.3) is 5.70 Å². The Bertz CT molecular complexity index is 793. The van der Waals surface area contributed by atoms with Crippen LogP contribution in [0, 0.1) is 0 Å². The highest BCUT2D eigenvalue weighted by molar-refractivity contribution is 8.17. The van der Waals surface area contributed by atoms with E-state index in [1.165, 1.54) is 28.5 Å². The first-order valence-electron chi connectivity index (χ1n) is 7.89. The number of hydrogen-bond acceptors (Lipinski definition) is 4. The molecule has 0 bridgehead atoms. The SMILES string of the molecule is CC(C)c1ccc(C2=CSC3=NS(=O)(=O)CCN23)c(C(C)C)c1. The molecule has 0 saturated carbocycles. The minimum absolute atomic E-state index is 0.0789. The van der Waals surface area contributed by atoms with E-state index in [1.54, 1.807) is 0 Å². The van der Waals surface area contributed by atoms with Crippen molar-refractivity contribution in [3.8, 4) is 0 Å². The summed E-state index contributed by atoms with van der Waals surface area (Å²) < 4.78 is 27.3. The number of amidine groups is 1. The van der Waals surface area contributed by atoms with Gasteiger partial charge in [0.15, 0.2) is 5.17 Å². The third-order valence-electron chi connectivity index (χ3n) is 4.23. The third-order valence-corrected chi connectivity index (χ3v) is 6.36. The molecular weight excluding hydrogens is 328 g/mol. The Morgan fingerprint density at radius 1 is 1.17 bits per heavy atom. The van der Waals surface area contributed by atoms with Crippen LogP contribution >= 0.6 is 11.8 Å². The molecule has 1 aromatic rings. The third kappa shape index (κ3) is 3.19. The van der Waals surface area contributed by atoms with Gasteiger partial charge in [-0.25, -0.2) is 8.42 Å². The Balaban J connectivity index is 2.03. The van der Waals surface area contributed by atoms with Crippen LogP contribution in [0.2, 0.25) is 0 Å². The van der Waals surface area contributed by atoms with Gasteiger partial charge in [-0.1, -0.05) is 57.7 Å². The predicted molar refractivity (Wildman–Crippen MR) is 98.1 cm³/mol. The van der Waals surface area contributed by atoms with Crippen LogP contribution in [0.4, 0.5) is 0 Å². The predicted octanol–water partition coefficient (Wildman–Crippen LogP) is 3.98. The highest BCUT2D eigenvalue weighted by atomic mass is 32.2. The fourth-order valence-corrected chi connectivity index (χ4v) is 5.00. The molecule has 0 fully saturated rings. The zero-order chi connectivity index (χ0) is 16.8. The summed E-state index contributed by atoms with van der Waals surface area (Å²) in [6.07, 6.45) is 0. The van der Waals surface area contributed by atoms with E-state index in [1.807, 2.05) is 10.3 Å². The number of benzene rings is 1. The van der Waals surface area contributed by atoms with Crippen LogP contribution in [0.5, 0.6) is 0 Å². The molecule has 124 valence electrons. The van der Waals surface area contributed by atoms with E-state index in [-0.39, 0.29) is 5.75 Å². The lowest BCUT2D eigenvalue weighted by Gasteiger charge is -2.27. The average molecular weight is 351 g/mol. The number of sulfonamides is 1. The molecule has 0 atom stereocenters. The maximum absolute atomic E-state index is 11.7. The molecule has 3 rings (SSSR count). The number of hydrogen-bond donors (Lipinski definition) is 0. The van der Waals surface area contributed by atoms with Gasteiger partial charge in [0, 0.05) is 17.5 Å². The van der Waals surface area contributed by atoms with Crippen LogP contribution in [0.1, 0.15) is 56.2 Å². The van der Waals surface area contributed by atoms with E-state index in [2.05, 4.69) is 50.3 Å². The van der Waals surface area contributed by atoms with Crippen molar-refractivity contribution in [3.63, 3.8) is 0 Å². The lowest BCUT2D eigenvalue weighted by molar-refractivity contribution is 0.566. The van der Waals surface area contributed by atoms with Gasteiger partial charge >= 0.3 is 0 Å². The molecule has 4 nitrogen and oxygen atoms in total. The fraction of sp³-hybridized carbons (Fsp3) is 0.471. The molecule has 0 unspecified atom stereocenters. The van der Waals surface area contributed by atoms with Crippen molar-refractivity contribution < 1.29 is 8.42 Å². The van der Waals surface area contributed by atoms with Crippen LogP contribution in [-0.2, 0) is 10.0 Å². The maximum atomic E-state index is 11.7. The van der Waals surface area contributed by atoms with E-state index in [4.69, 9.17) is 0 Å². The van der Waals surface area contributed by atoms with Crippen molar-refractivity contribution >= 4 is 32.6 Å². The number of rotatable bonds is 3. The monoisotopic (exact) mass is 350 g/mol. The molecule has 0 saturated heterocycles. The van der Waals surface area contributed by atoms with Gasteiger partial charge in [0.2, 0.25) is 0 Å². The topological polar surface area (TPSA) is 49.7 Å². The van der Waals surface area contributed by atoms with Gasteiger partial charge in [0.1, 0.15) is 0 Å². The summed E-state index contributed by atoms with van der Waals surface area (Å²) in [6.45, 7) is 9.26. The molecule has 0 spiro atoms. The normalized spacial score (nSPS) is 19.8. The largest absolute Gasteiger partial charge is 0.318 e. The Morgan fingerprint density at radius 3 is 2.57 bits per heavy atom. The molecule has 2 heterocycles. The van der Waals surface area contributed by atoms with Gasteiger partial charge in [-0.15, -0.1) is 4.40 Å². The van der Waals surface area contributed by atoms with Crippen LogP contribution in [0.15, 0.2) is 28.0 Å². The molecule has 1 aromatic carbocycles. The second kappa shape index (κ2) is 5.98. The second-order valence-electron chi connectivity index (χ2n) is 6.59. The quantitative estimate of drug-likeness (QED) is 0.827. The fourth-order valence-electron chi connectivity index (χ4n) is 2.86. The Hall–Kier alpha value is -1.27. The summed E-state index contributed by atoms with van der Waals surface area (Å²) in [6, 6.07) is 6.63. The van der Waals surface area contributed by atoms with Gasteiger partial charge < -0.3 is 4.90 Å². The van der Waals surface area contributed by atoms with Crippen molar-refractivity contribution in [2.75, 3.05) is 12.3 Å². The van der Waals surface area contributed by atoms with Crippen LogP contribution in [-0.4, -0.2) is 30.8 Å². The molecule has 0 amide bonds. The molecule has 0 N–H and O–H groups in total. The van der Waals surface area contributed by atoms with Gasteiger partial charge in [-0.3, -0.25) is 0 Å². The lowest BCUT2D eigenvalue weighted by Crippen LogP contribution is -2.34.